The minimum absolute atomic E-state index is 0. The Labute approximate surface area is 194 Å². The van der Waals surface area contributed by atoms with Crippen molar-refractivity contribution in [1.29, 1.82) is 0 Å². The molecule has 1 heterocycles. The minimum Gasteiger partial charge on any atom is -1.00 e. The molecule has 0 spiro atoms. The maximum Gasteiger partial charge on any atom is 2.00 e. The molecule has 149 valence electrons. The molecular weight excluding hydrogens is 504 g/mol. The minimum atomic E-state index is -1.35. The molecule has 3 radical (unpaired) electrons. The molecule has 0 saturated carbocycles. The summed E-state index contributed by atoms with van der Waals surface area (Å²) in [4.78, 5) is 0. The first-order valence-electron chi connectivity index (χ1n) is 8.61. The van der Waals surface area contributed by atoms with Gasteiger partial charge in [-0.3, -0.25) is 9.13 Å². The van der Waals surface area contributed by atoms with Crippen LogP contribution >= 0.6 is 0 Å². The molecule has 3 nitrogen and oxygen atoms in total. The van der Waals surface area contributed by atoms with Crippen molar-refractivity contribution in [3.8, 4) is 0 Å². The van der Waals surface area contributed by atoms with E-state index in [0.717, 1.165) is 0 Å². The van der Waals surface area contributed by atoms with Crippen LogP contribution in [-0.2, 0) is 0 Å². The number of hydrogen-bond acceptors (Lipinski definition) is 3. The van der Waals surface area contributed by atoms with Gasteiger partial charge in [0.1, 0.15) is 8.24 Å². The summed E-state index contributed by atoms with van der Waals surface area (Å²) in [5.41, 5.74) is 1.72. The van der Waals surface area contributed by atoms with Gasteiger partial charge in [-0.05, 0) is 47.1 Å². The van der Waals surface area contributed by atoms with Crippen LogP contribution in [0, 0.1) is 0 Å². The van der Waals surface area contributed by atoms with Gasteiger partial charge in [-0.2, -0.15) is 0 Å². The van der Waals surface area contributed by atoms with E-state index in [1.54, 1.807) is 0 Å². The molecule has 1 aromatic carbocycles. The number of benzene rings is 1. The van der Waals surface area contributed by atoms with Gasteiger partial charge in [0, 0.05) is 12.5 Å². The van der Waals surface area contributed by atoms with E-state index in [1.807, 2.05) is 0 Å². The number of hydrogen-bond donors (Lipinski definition) is 1. The second-order valence-corrected chi connectivity index (χ2v) is 16.7. The molecule has 1 aliphatic heterocycles. The zero-order valence-corrected chi connectivity index (χ0v) is 24.0. The van der Waals surface area contributed by atoms with Crippen molar-refractivity contribution in [3.05, 3.63) is 35.9 Å². The van der Waals surface area contributed by atoms with Crippen LogP contribution in [0.15, 0.2) is 30.3 Å². The third-order valence-corrected chi connectivity index (χ3v) is 10.6. The SMILES string of the molecule is CC(C)(C)N1C(c2ccccc2)N(C(C)(C)C)[Si]1N[Si](C)(C)C.[Cl-].[Cl-].[HH].[Sn+2]. The third-order valence-electron chi connectivity index (χ3n) is 3.98. The average Bonchev–Trinajstić information content (AvgIpc) is 2.30. The molecule has 1 fully saturated rings. The molecule has 1 saturated heterocycles. The van der Waals surface area contributed by atoms with Gasteiger partial charge in [-0.25, -0.2) is 0 Å². The van der Waals surface area contributed by atoms with E-state index in [0.29, 0.717) is 6.17 Å². The first kappa shape index (κ1) is 29.1. The quantitative estimate of drug-likeness (QED) is 0.457. The van der Waals surface area contributed by atoms with E-state index in [-0.39, 0.29) is 61.2 Å². The van der Waals surface area contributed by atoms with Crippen LogP contribution in [0.1, 0.15) is 54.7 Å². The van der Waals surface area contributed by atoms with Crippen molar-refractivity contribution in [2.24, 2.45) is 0 Å². The van der Waals surface area contributed by atoms with Crippen LogP contribution in [0.4, 0.5) is 0 Å². The van der Waals surface area contributed by atoms with E-state index >= 15 is 0 Å². The Kier molecular flexibility index (Phi) is 11.3. The van der Waals surface area contributed by atoms with E-state index < -0.39 is 17.5 Å². The molecule has 0 amide bonds. The summed E-state index contributed by atoms with van der Waals surface area (Å²) < 4.78 is 9.53. The molecule has 0 aromatic heterocycles. The van der Waals surface area contributed by atoms with Gasteiger partial charge in [0.05, 0.1) is 6.17 Å². The Bertz CT molecular complexity index is 526. The molecule has 1 aliphatic rings. The van der Waals surface area contributed by atoms with Gasteiger partial charge in [-0.15, -0.1) is 0 Å². The van der Waals surface area contributed by atoms with Crippen molar-refractivity contribution < 1.29 is 26.2 Å². The molecule has 0 unspecified atom stereocenters. The summed E-state index contributed by atoms with van der Waals surface area (Å²) in [7, 11) is -2.26. The average molecular weight is 540 g/mol. The molecule has 0 aliphatic carbocycles. The molecule has 0 atom stereocenters. The van der Waals surface area contributed by atoms with Gasteiger partial charge in [0.2, 0.25) is 0 Å². The third kappa shape index (κ3) is 6.76. The maximum atomic E-state index is 4.06. The van der Waals surface area contributed by atoms with Crippen molar-refractivity contribution >= 4 is 41.4 Å². The number of halogens is 2. The molecule has 26 heavy (non-hydrogen) atoms. The standard InChI is InChI=1S/C18H34N3Si2.2ClH.Sn.H2/c1-17(2,3)20-16(15-13-11-10-12-14-15)21(18(4,5)6)22(20)19-23(7,8)9;;;;/h10-14,16,19H,1-9H3;2*1H;;1H/q;;;+2;/p-2. The molecule has 1 N–H and O–H groups in total. The van der Waals surface area contributed by atoms with Gasteiger partial charge in [0.25, 0.3) is 0 Å². The number of rotatable bonds is 3. The smallest absolute Gasteiger partial charge is 1.00 e. The van der Waals surface area contributed by atoms with Crippen LogP contribution in [0.2, 0.25) is 19.6 Å². The summed E-state index contributed by atoms with van der Waals surface area (Å²) in [6.45, 7) is 21.3. The van der Waals surface area contributed by atoms with Gasteiger partial charge < -0.3 is 29.5 Å². The summed E-state index contributed by atoms with van der Waals surface area (Å²) >= 11 is 0. The van der Waals surface area contributed by atoms with Gasteiger partial charge in [0.15, 0.2) is 0 Å². The Hall–Kier alpha value is 0.912. The van der Waals surface area contributed by atoms with Gasteiger partial charge >= 0.3 is 33.2 Å². The van der Waals surface area contributed by atoms with E-state index in [9.17, 15) is 0 Å². The van der Waals surface area contributed by atoms with Crippen molar-refractivity contribution in [3.63, 3.8) is 0 Å². The molecular formula is C18H36Cl2N3Si2Sn. The van der Waals surface area contributed by atoms with Gasteiger partial charge in [-0.1, -0.05) is 50.0 Å². The Morgan fingerprint density at radius 3 is 1.58 bits per heavy atom. The topological polar surface area (TPSA) is 18.5 Å². The zero-order valence-electron chi connectivity index (χ0n) is 17.6. The first-order valence-corrected chi connectivity index (χ1v) is 13.5. The number of nitrogens with zero attached hydrogens (tertiary/aromatic N) is 2. The van der Waals surface area contributed by atoms with E-state index in [1.165, 1.54) is 5.56 Å². The molecule has 8 heteroatoms. The number of nitrogens with one attached hydrogen (secondary N) is 1. The second kappa shape index (κ2) is 10.1. The first-order chi connectivity index (χ1) is 10.3. The fourth-order valence-electron chi connectivity index (χ4n) is 3.16. The summed E-state index contributed by atoms with van der Waals surface area (Å²) in [5, 5.41) is 0. The molecule has 2 rings (SSSR count). The van der Waals surface area contributed by atoms with Crippen LogP contribution in [0.25, 0.3) is 0 Å². The van der Waals surface area contributed by atoms with Crippen molar-refractivity contribution in [1.82, 2.24) is 13.8 Å². The Morgan fingerprint density at radius 2 is 1.27 bits per heavy atom. The van der Waals surface area contributed by atoms with E-state index in [2.05, 4.69) is 105 Å². The summed E-state index contributed by atoms with van der Waals surface area (Å²) in [6.07, 6.45) is 0.369. The van der Waals surface area contributed by atoms with Crippen molar-refractivity contribution in [2.45, 2.75) is 78.4 Å². The Balaban J connectivity index is -0.00000144. The molecule has 1 aromatic rings. The Morgan fingerprint density at radius 1 is 0.885 bits per heavy atom. The molecule has 0 bridgehead atoms. The van der Waals surface area contributed by atoms with E-state index in [4.69, 9.17) is 0 Å². The predicted molar refractivity (Wildman–Crippen MR) is 112 cm³/mol. The zero-order chi connectivity index (χ0) is 17.6. The van der Waals surface area contributed by atoms with Crippen molar-refractivity contribution in [2.75, 3.05) is 0 Å². The van der Waals surface area contributed by atoms with Crippen LogP contribution in [0.3, 0.4) is 0 Å². The summed E-state index contributed by atoms with van der Waals surface area (Å²) in [6, 6.07) is 11.0. The fourth-order valence-corrected chi connectivity index (χ4v) is 9.13. The normalized spacial score (nSPS) is 17.6. The van der Waals surface area contributed by atoms with Crippen LogP contribution < -0.4 is 29.5 Å². The monoisotopic (exact) mass is 540 g/mol. The largest absolute Gasteiger partial charge is 2.00 e. The van der Waals surface area contributed by atoms with Crippen LogP contribution in [-0.4, -0.2) is 61.6 Å². The van der Waals surface area contributed by atoms with Crippen LogP contribution in [0.5, 0.6) is 0 Å². The summed E-state index contributed by atoms with van der Waals surface area (Å²) in [5.74, 6) is 0. The second-order valence-electron chi connectivity index (χ2n) is 9.56. The maximum absolute atomic E-state index is 4.06. The predicted octanol–water partition coefficient (Wildman–Crippen LogP) is -1.82. The fraction of sp³-hybridized carbons (Fsp3) is 0.667.